The van der Waals surface area contributed by atoms with Gasteiger partial charge in [-0.15, -0.1) is 0 Å². The van der Waals surface area contributed by atoms with Gasteiger partial charge in [0.15, 0.2) is 17.2 Å². The summed E-state index contributed by atoms with van der Waals surface area (Å²) in [5, 5.41) is 22.7. The smallest absolute Gasteiger partial charge is 0.233 e. The number of ether oxygens (including phenoxy) is 1. The first-order valence-corrected chi connectivity index (χ1v) is 10.7. The van der Waals surface area contributed by atoms with Gasteiger partial charge in [0.2, 0.25) is 10.0 Å². The maximum absolute atomic E-state index is 12.3. The van der Waals surface area contributed by atoms with Crippen molar-refractivity contribution in [1.29, 1.82) is 0 Å². The van der Waals surface area contributed by atoms with Gasteiger partial charge in [-0.05, 0) is 17.7 Å². The molecule has 0 aliphatic carbocycles. The number of imidazole rings is 1. The number of hydrogen-bond acceptors (Lipinski definition) is 10. The van der Waals surface area contributed by atoms with E-state index in [1.807, 2.05) is 0 Å². The summed E-state index contributed by atoms with van der Waals surface area (Å²) in [7, 11) is -3.85. The Morgan fingerprint density at radius 3 is 2.84 bits per heavy atom. The Bertz CT molecular complexity index is 1250. The number of hydrogen-bond donors (Lipinski definition) is 5. The third kappa shape index (κ3) is 3.96. The first kappa shape index (κ1) is 21.1. The third-order valence-corrected chi connectivity index (χ3v) is 6.09. The number of nitrogens with two attached hydrogens (primary N) is 2. The lowest BCUT2D eigenvalue weighted by Gasteiger charge is -2.27. The van der Waals surface area contributed by atoms with E-state index in [0.717, 1.165) is 5.41 Å². The summed E-state index contributed by atoms with van der Waals surface area (Å²) in [6, 6.07) is 6.81. The average Bonchev–Trinajstić information content (AvgIpc) is 3.30. The molecule has 0 bridgehead atoms. The molecule has 3 heterocycles. The van der Waals surface area contributed by atoms with Gasteiger partial charge in [-0.2, -0.15) is 0 Å². The van der Waals surface area contributed by atoms with Gasteiger partial charge in [0.05, 0.1) is 12.9 Å². The molecule has 3 aromatic rings. The van der Waals surface area contributed by atoms with E-state index in [9.17, 15) is 18.6 Å². The van der Waals surface area contributed by atoms with Crippen LogP contribution in [0.4, 0.5) is 11.5 Å². The Morgan fingerprint density at radius 1 is 1.29 bits per heavy atom. The zero-order chi connectivity index (χ0) is 22.2. The van der Waals surface area contributed by atoms with Crippen LogP contribution in [0.5, 0.6) is 0 Å². The lowest BCUT2D eigenvalue weighted by molar-refractivity contribution is -0.107. The highest BCUT2D eigenvalue weighted by atomic mass is 32.2. The number of aromatic nitrogens is 4. The van der Waals surface area contributed by atoms with E-state index < -0.39 is 28.0 Å². The average molecular weight is 447 g/mol. The second-order valence-corrected chi connectivity index (χ2v) is 8.69. The highest BCUT2D eigenvalue weighted by Gasteiger charge is 2.50. The monoisotopic (exact) mass is 447 g/mol. The first-order valence-electron chi connectivity index (χ1n) is 9.19. The van der Waals surface area contributed by atoms with Gasteiger partial charge in [-0.1, -0.05) is 18.2 Å². The van der Waals surface area contributed by atoms with Crippen LogP contribution in [-0.2, 0) is 20.5 Å². The van der Waals surface area contributed by atoms with Crippen LogP contribution < -0.4 is 16.2 Å². The van der Waals surface area contributed by atoms with E-state index in [0.29, 0.717) is 11.3 Å². The molecule has 0 unspecified atom stereocenters. The summed E-state index contributed by atoms with van der Waals surface area (Å²) in [5.41, 5.74) is 11.1. The van der Waals surface area contributed by atoms with Crippen molar-refractivity contribution in [2.75, 3.05) is 24.6 Å². The van der Waals surface area contributed by atoms with Crippen molar-refractivity contribution in [3.05, 3.63) is 47.9 Å². The molecular weight excluding hydrogens is 426 g/mol. The minimum absolute atomic E-state index is 0.121. The van der Waals surface area contributed by atoms with Crippen molar-refractivity contribution in [1.82, 2.24) is 24.2 Å². The third-order valence-electron chi connectivity index (χ3n) is 5.02. The number of sulfonamides is 1. The van der Waals surface area contributed by atoms with E-state index in [-0.39, 0.29) is 30.1 Å². The van der Waals surface area contributed by atoms with Crippen molar-refractivity contribution in [2.24, 2.45) is 0 Å². The highest BCUT2D eigenvalue weighted by Crippen LogP contribution is 2.32. The lowest BCUT2D eigenvalue weighted by Crippen LogP contribution is -2.48. The maximum Gasteiger partial charge on any atom is 0.233 e. The molecule has 1 aromatic carbocycles. The number of nitrogens with zero attached hydrogens (tertiary/aromatic N) is 4. The number of rotatable bonds is 6. The fourth-order valence-electron chi connectivity index (χ4n) is 3.29. The second kappa shape index (κ2) is 7.86. The Labute approximate surface area is 177 Å². The number of anilines is 2. The molecule has 31 heavy (non-hydrogen) atoms. The minimum atomic E-state index is -3.85. The molecule has 3 atom stereocenters. The van der Waals surface area contributed by atoms with Gasteiger partial charge < -0.3 is 26.4 Å². The Morgan fingerprint density at radius 2 is 2.06 bits per heavy atom. The van der Waals surface area contributed by atoms with Gasteiger partial charge in [-0.25, -0.2) is 28.1 Å². The van der Waals surface area contributed by atoms with E-state index in [4.69, 9.17) is 16.2 Å². The van der Waals surface area contributed by atoms with Gasteiger partial charge in [-0.3, -0.25) is 4.57 Å². The Balaban J connectivity index is 1.47. The van der Waals surface area contributed by atoms with E-state index >= 15 is 0 Å². The molecule has 7 N–H and O–H groups in total. The fraction of sp³-hybridized carbons (Fsp3) is 0.278. The molecule has 0 radical (unpaired) electrons. The molecule has 2 aromatic heterocycles. The number of nitrogen functional groups attached to an aromatic ring is 2. The molecule has 0 amide bonds. The summed E-state index contributed by atoms with van der Waals surface area (Å²) < 4.78 is 33.6. The molecule has 4 rings (SSSR count). The number of fused-ring (bicyclic) bond motifs is 1. The van der Waals surface area contributed by atoms with Crippen molar-refractivity contribution in [2.45, 2.75) is 17.9 Å². The van der Waals surface area contributed by atoms with Crippen molar-refractivity contribution in [3.63, 3.8) is 0 Å². The first-order chi connectivity index (χ1) is 14.7. The van der Waals surface area contributed by atoms with Crippen molar-refractivity contribution in [3.8, 4) is 0 Å². The molecule has 164 valence electrons. The zero-order valence-corrected chi connectivity index (χ0v) is 17.0. The summed E-state index contributed by atoms with van der Waals surface area (Å²) in [4.78, 5) is 11.9. The molecule has 13 heteroatoms. The second-order valence-electron chi connectivity index (χ2n) is 7.04. The Kier molecular flexibility index (Phi) is 5.36. The van der Waals surface area contributed by atoms with Crippen LogP contribution in [0.25, 0.3) is 17.2 Å². The molecule has 12 nitrogen and oxygen atoms in total. The zero-order valence-electron chi connectivity index (χ0n) is 16.2. The molecule has 0 saturated carbocycles. The van der Waals surface area contributed by atoms with Crippen molar-refractivity contribution < 1.29 is 23.4 Å². The number of para-hydroxylation sites is 1. The summed E-state index contributed by atoms with van der Waals surface area (Å²) in [5.74, 6) is 0.121. The summed E-state index contributed by atoms with van der Waals surface area (Å²) in [6.07, 6.45) is 1.34. The van der Waals surface area contributed by atoms with Crippen LogP contribution in [-0.4, -0.2) is 63.5 Å². The molecule has 1 fully saturated rings. The number of nitrogens with one attached hydrogen (secondary N) is 1. The normalized spacial score (nSPS) is 24.3. The van der Waals surface area contributed by atoms with Gasteiger partial charge >= 0.3 is 0 Å². The van der Waals surface area contributed by atoms with Crippen molar-refractivity contribution >= 4 is 38.8 Å². The standard InChI is InChI=1S/C18H21N7O5S/c19-12-4-2-1-3-11(12)5-6-31(28,29)24-7-13-15(26)18(27,8-30-13)25-10-23-14-16(20)21-9-22-17(14)25/h1-6,9-10,13,15,24,26-27H,7-8,19H2,(H2,20,21,22)/b6-5+/t13-,15-,18+/m1/s1. The maximum atomic E-state index is 12.3. The fourth-order valence-corrected chi connectivity index (χ4v) is 4.11. The van der Waals surface area contributed by atoms with E-state index in [1.165, 1.54) is 23.3 Å². The van der Waals surface area contributed by atoms with E-state index in [2.05, 4.69) is 19.7 Å². The quantitative estimate of drug-likeness (QED) is 0.292. The molecule has 1 aliphatic rings. The minimum Gasteiger partial charge on any atom is -0.398 e. The topological polar surface area (TPSA) is 191 Å². The SMILES string of the molecule is Nc1ccccc1/C=C/S(=O)(=O)NC[C@H]1OC[C@@](O)(n2cnc3c(N)ncnc32)[C@@H]1O. The van der Waals surface area contributed by atoms with Crippen LogP contribution in [0.2, 0.25) is 0 Å². The molecular formula is C18H21N7O5S. The van der Waals surface area contributed by atoms with Gasteiger partial charge in [0, 0.05) is 17.6 Å². The van der Waals surface area contributed by atoms with E-state index in [1.54, 1.807) is 24.3 Å². The van der Waals surface area contributed by atoms with Crippen LogP contribution in [0.3, 0.4) is 0 Å². The predicted octanol–water partition coefficient (Wildman–Crippen LogP) is -1.01. The highest BCUT2D eigenvalue weighted by molar-refractivity contribution is 7.92. The Hall–Kier alpha value is -3.10. The number of benzene rings is 1. The summed E-state index contributed by atoms with van der Waals surface area (Å²) >= 11 is 0. The summed E-state index contributed by atoms with van der Waals surface area (Å²) in [6.45, 7) is -0.587. The molecule has 1 aliphatic heterocycles. The van der Waals surface area contributed by atoms with Crippen LogP contribution in [0.15, 0.2) is 42.3 Å². The number of aliphatic hydroxyl groups excluding tert-OH is 1. The predicted molar refractivity (Wildman–Crippen MR) is 112 cm³/mol. The number of aliphatic hydroxyl groups is 2. The molecule has 1 saturated heterocycles. The van der Waals surface area contributed by atoms with Crippen LogP contribution in [0, 0.1) is 0 Å². The van der Waals surface area contributed by atoms with Crippen LogP contribution in [0.1, 0.15) is 5.56 Å². The molecule has 0 spiro atoms. The van der Waals surface area contributed by atoms with Gasteiger partial charge in [0.1, 0.15) is 24.1 Å². The van der Waals surface area contributed by atoms with Crippen LogP contribution >= 0.6 is 0 Å². The lowest BCUT2D eigenvalue weighted by atomic mass is 10.1. The largest absolute Gasteiger partial charge is 0.398 e. The van der Waals surface area contributed by atoms with Gasteiger partial charge in [0.25, 0.3) is 0 Å².